The number of nitrogens with one attached hydrogen (secondary N) is 1. The molecule has 0 spiro atoms. The van der Waals surface area contributed by atoms with Gasteiger partial charge in [-0.05, 0) is 44.0 Å². The van der Waals surface area contributed by atoms with Gasteiger partial charge in [-0.1, -0.05) is 12.1 Å². The van der Waals surface area contributed by atoms with Gasteiger partial charge < -0.3 is 10.1 Å². The van der Waals surface area contributed by atoms with Gasteiger partial charge >= 0.3 is 0 Å². The number of nitrogens with zero attached hydrogens (tertiary/aromatic N) is 2. The van der Waals surface area contributed by atoms with E-state index in [4.69, 9.17) is 4.74 Å². The maximum Gasteiger partial charge on any atom is 0.223 e. The molecule has 0 aliphatic carbocycles. The van der Waals surface area contributed by atoms with E-state index in [2.05, 4.69) is 21.4 Å². The Morgan fingerprint density at radius 3 is 2.53 bits per heavy atom. The highest BCUT2D eigenvalue weighted by atomic mass is 16.5. The van der Waals surface area contributed by atoms with Crippen LogP contribution in [-0.4, -0.2) is 23.6 Å². The monoisotopic (exact) mass is 257 g/mol. The number of aromatic nitrogens is 2. The summed E-state index contributed by atoms with van der Waals surface area (Å²) in [5.74, 6) is 1.58. The minimum absolute atomic E-state index is 0.695. The van der Waals surface area contributed by atoms with Crippen LogP contribution in [0.1, 0.15) is 17.0 Å². The molecular formula is C15H19N3O. The van der Waals surface area contributed by atoms with Crippen molar-refractivity contribution in [3.63, 3.8) is 0 Å². The quantitative estimate of drug-likeness (QED) is 0.894. The van der Waals surface area contributed by atoms with Crippen molar-refractivity contribution in [2.24, 2.45) is 0 Å². The van der Waals surface area contributed by atoms with E-state index < -0.39 is 0 Å². The van der Waals surface area contributed by atoms with Crippen molar-refractivity contribution in [2.45, 2.75) is 20.3 Å². The van der Waals surface area contributed by atoms with E-state index in [0.29, 0.717) is 5.95 Å². The van der Waals surface area contributed by atoms with Gasteiger partial charge in [0.2, 0.25) is 5.95 Å². The summed E-state index contributed by atoms with van der Waals surface area (Å²) in [5, 5.41) is 3.25. The highest BCUT2D eigenvalue weighted by molar-refractivity contribution is 5.31. The summed E-state index contributed by atoms with van der Waals surface area (Å²) >= 11 is 0. The molecule has 0 aliphatic rings. The zero-order valence-corrected chi connectivity index (χ0v) is 11.6. The lowest BCUT2D eigenvalue weighted by Gasteiger charge is -2.07. The first-order valence-electron chi connectivity index (χ1n) is 6.36. The molecule has 2 aromatic rings. The van der Waals surface area contributed by atoms with Gasteiger partial charge in [-0.15, -0.1) is 0 Å². The highest BCUT2D eigenvalue weighted by Crippen LogP contribution is 2.13. The second kappa shape index (κ2) is 6.18. The number of ether oxygens (including phenoxy) is 1. The van der Waals surface area contributed by atoms with Gasteiger partial charge in [0, 0.05) is 17.9 Å². The van der Waals surface area contributed by atoms with Gasteiger partial charge in [0.1, 0.15) is 5.75 Å². The molecule has 4 nitrogen and oxygen atoms in total. The molecule has 0 unspecified atom stereocenters. The van der Waals surface area contributed by atoms with Crippen LogP contribution in [0.25, 0.3) is 0 Å². The Morgan fingerprint density at radius 1 is 1.11 bits per heavy atom. The molecule has 0 aliphatic heterocycles. The predicted octanol–water partition coefficient (Wildman–Crippen LogP) is 2.76. The van der Waals surface area contributed by atoms with Gasteiger partial charge in [0.15, 0.2) is 0 Å². The largest absolute Gasteiger partial charge is 0.497 e. The zero-order valence-electron chi connectivity index (χ0n) is 11.6. The van der Waals surface area contributed by atoms with E-state index >= 15 is 0 Å². The first-order chi connectivity index (χ1) is 9.17. The van der Waals surface area contributed by atoms with Crippen LogP contribution in [-0.2, 0) is 6.42 Å². The molecule has 0 saturated heterocycles. The third kappa shape index (κ3) is 3.95. The normalized spacial score (nSPS) is 10.3. The molecule has 1 aromatic carbocycles. The van der Waals surface area contributed by atoms with E-state index in [0.717, 1.165) is 30.1 Å². The average molecular weight is 257 g/mol. The molecule has 0 amide bonds. The van der Waals surface area contributed by atoms with Crippen LogP contribution in [0.4, 0.5) is 5.95 Å². The molecule has 1 heterocycles. The third-order valence-corrected chi connectivity index (χ3v) is 2.81. The van der Waals surface area contributed by atoms with Gasteiger partial charge in [-0.2, -0.15) is 0 Å². The minimum Gasteiger partial charge on any atom is -0.497 e. The van der Waals surface area contributed by atoms with Crippen LogP contribution in [0.2, 0.25) is 0 Å². The molecule has 0 radical (unpaired) electrons. The van der Waals surface area contributed by atoms with Crippen molar-refractivity contribution in [2.75, 3.05) is 19.0 Å². The number of hydrogen-bond acceptors (Lipinski definition) is 4. The Balaban J connectivity index is 1.92. The molecule has 2 rings (SSSR count). The molecule has 1 N–H and O–H groups in total. The van der Waals surface area contributed by atoms with Gasteiger partial charge in [0.05, 0.1) is 7.11 Å². The summed E-state index contributed by atoms with van der Waals surface area (Å²) in [4.78, 5) is 8.70. The van der Waals surface area contributed by atoms with Gasteiger partial charge in [-0.25, -0.2) is 9.97 Å². The summed E-state index contributed by atoms with van der Waals surface area (Å²) in [6, 6.07) is 10.1. The lowest BCUT2D eigenvalue weighted by atomic mass is 10.1. The van der Waals surface area contributed by atoms with Crippen LogP contribution in [0, 0.1) is 13.8 Å². The Labute approximate surface area is 113 Å². The highest BCUT2D eigenvalue weighted by Gasteiger charge is 2.00. The van der Waals surface area contributed by atoms with Crippen LogP contribution < -0.4 is 10.1 Å². The topological polar surface area (TPSA) is 47.0 Å². The van der Waals surface area contributed by atoms with Crippen LogP contribution >= 0.6 is 0 Å². The van der Waals surface area contributed by atoms with Crippen LogP contribution in [0.15, 0.2) is 30.3 Å². The first kappa shape index (κ1) is 13.3. The van der Waals surface area contributed by atoms with Crippen molar-refractivity contribution >= 4 is 5.95 Å². The Bertz CT molecular complexity index is 535. The van der Waals surface area contributed by atoms with Crippen molar-refractivity contribution in [3.8, 4) is 5.75 Å². The summed E-state index contributed by atoms with van der Waals surface area (Å²) < 4.78 is 5.21. The smallest absolute Gasteiger partial charge is 0.223 e. The lowest BCUT2D eigenvalue weighted by Crippen LogP contribution is -2.09. The second-order valence-corrected chi connectivity index (χ2v) is 4.50. The summed E-state index contributed by atoms with van der Waals surface area (Å²) in [7, 11) is 1.68. The zero-order chi connectivity index (χ0) is 13.7. The molecule has 4 heteroatoms. The van der Waals surface area contributed by atoms with Crippen molar-refractivity contribution in [1.29, 1.82) is 0 Å². The molecule has 100 valence electrons. The number of hydrogen-bond donors (Lipinski definition) is 1. The maximum absolute atomic E-state index is 5.21. The molecule has 0 bridgehead atoms. The SMILES string of the molecule is COc1cccc(CCNc2nc(C)cc(C)n2)c1. The Hall–Kier alpha value is -2.10. The van der Waals surface area contributed by atoms with Crippen molar-refractivity contribution in [3.05, 3.63) is 47.3 Å². The lowest BCUT2D eigenvalue weighted by molar-refractivity contribution is 0.414. The molecular weight excluding hydrogens is 238 g/mol. The number of anilines is 1. The number of rotatable bonds is 5. The molecule has 0 fully saturated rings. The van der Waals surface area contributed by atoms with Crippen molar-refractivity contribution in [1.82, 2.24) is 9.97 Å². The summed E-state index contributed by atoms with van der Waals surface area (Å²) in [6.45, 7) is 4.75. The fraction of sp³-hybridized carbons (Fsp3) is 0.333. The van der Waals surface area contributed by atoms with E-state index in [1.54, 1.807) is 7.11 Å². The molecule has 0 atom stereocenters. The third-order valence-electron chi connectivity index (χ3n) is 2.81. The molecule has 0 saturated carbocycles. The number of methoxy groups -OCH3 is 1. The minimum atomic E-state index is 0.695. The van der Waals surface area contributed by atoms with E-state index in [1.807, 2.05) is 38.1 Å². The number of benzene rings is 1. The summed E-state index contributed by atoms with van der Waals surface area (Å²) in [5.41, 5.74) is 3.20. The predicted molar refractivity (Wildman–Crippen MR) is 76.7 cm³/mol. The maximum atomic E-state index is 5.21. The fourth-order valence-electron chi connectivity index (χ4n) is 1.95. The second-order valence-electron chi connectivity index (χ2n) is 4.50. The van der Waals surface area contributed by atoms with Gasteiger partial charge in [-0.3, -0.25) is 0 Å². The first-order valence-corrected chi connectivity index (χ1v) is 6.36. The van der Waals surface area contributed by atoms with E-state index in [1.165, 1.54) is 5.56 Å². The molecule has 1 aromatic heterocycles. The van der Waals surface area contributed by atoms with Crippen LogP contribution in [0.3, 0.4) is 0 Å². The van der Waals surface area contributed by atoms with Gasteiger partial charge in [0.25, 0.3) is 0 Å². The van der Waals surface area contributed by atoms with Crippen molar-refractivity contribution < 1.29 is 4.74 Å². The number of aryl methyl sites for hydroxylation is 2. The standard InChI is InChI=1S/C15H19N3O/c1-11-9-12(2)18-15(17-11)16-8-7-13-5-4-6-14(10-13)19-3/h4-6,9-10H,7-8H2,1-3H3,(H,16,17,18). The Morgan fingerprint density at radius 2 is 1.84 bits per heavy atom. The van der Waals surface area contributed by atoms with E-state index in [-0.39, 0.29) is 0 Å². The fourth-order valence-corrected chi connectivity index (χ4v) is 1.95. The van der Waals surface area contributed by atoms with E-state index in [9.17, 15) is 0 Å². The average Bonchev–Trinajstić information content (AvgIpc) is 2.38. The summed E-state index contributed by atoms with van der Waals surface area (Å²) in [6.07, 6.45) is 0.910. The Kier molecular flexibility index (Phi) is 4.34. The van der Waals surface area contributed by atoms with Crippen LogP contribution in [0.5, 0.6) is 5.75 Å². The molecule has 19 heavy (non-hydrogen) atoms.